The Labute approximate surface area is 83.0 Å². The molecule has 0 fully saturated rings. The molecule has 0 bridgehead atoms. The van der Waals surface area contributed by atoms with E-state index in [2.05, 4.69) is 4.99 Å². The predicted octanol–water partition coefficient (Wildman–Crippen LogP) is 1.06. The van der Waals surface area contributed by atoms with Crippen molar-refractivity contribution in [2.75, 3.05) is 7.11 Å². The van der Waals surface area contributed by atoms with Crippen LogP contribution >= 0.6 is 0 Å². The third kappa shape index (κ3) is 2.74. The van der Waals surface area contributed by atoms with Crippen LogP contribution in [0.25, 0.3) is 0 Å². The molecule has 0 heterocycles. The first-order chi connectivity index (χ1) is 6.63. The molecule has 0 radical (unpaired) electrons. The van der Waals surface area contributed by atoms with Crippen molar-refractivity contribution >= 4 is 11.5 Å². The highest BCUT2D eigenvalue weighted by molar-refractivity contribution is 5.86. The molecular weight excluding hydrogens is 180 g/mol. The fourth-order valence-electron chi connectivity index (χ4n) is 0.899. The van der Waals surface area contributed by atoms with E-state index in [0.29, 0.717) is 5.69 Å². The highest BCUT2D eigenvalue weighted by atomic mass is 16.5. The van der Waals surface area contributed by atoms with Crippen LogP contribution in [-0.2, 0) is 0 Å². The lowest BCUT2D eigenvalue weighted by molar-refractivity contribution is 0.261. The van der Waals surface area contributed by atoms with Gasteiger partial charge in [0.15, 0.2) is 0 Å². The van der Waals surface area contributed by atoms with Crippen molar-refractivity contribution in [3.8, 4) is 5.75 Å². The summed E-state index contributed by atoms with van der Waals surface area (Å²) in [7, 11) is 1.60. The van der Waals surface area contributed by atoms with Crippen LogP contribution in [0.1, 0.15) is 6.92 Å². The van der Waals surface area contributed by atoms with Gasteiger partial charge in [0.1, 0.15) is 17.7 Å². The Kier molecular flexibility index (Phi) is 3.48. The molecule has 0 spiro atoms. The van der Waals surface area contributed by atoms with Crippen LogP contribution in [0, 0.1) is 0 Å². The Balaban J connectivity index is 2.83. The molecule has 1 aromatic carbocycles. The minimum atomic E-state index is -0.725. The average Bonchev–Trinajstić information content (AvgIpc) is 2.19. The van der Waals surface area contributed by atoms with Crippen molar-refractivity contribution < 1.29 is 9.84 Å². The number of nitrogens with two attached hydrogens (primary N) is 1. The van der Waals surface area contributed by atoms with Gasteiger partial charge in [-0.1, -0.05) is 0 Å². The molecule has 0 aliphatic rings. The number of hydrogen-bond donors (Lipinski definition) is 2. The molecule has 1 atom stereocenters. The monoisotopic (exact) mass is 194 g/mol. The molecule has 0 amide bonds. The quantitative estimate of drug-likeness (QED) is 0.558. The zero-order chi connectivity index (χ0) is 10.6. The highest BCUT2D eigenvalue weighted by Crippen LogP contribution is 2.17. The second-order valence-corrected chi connectivity index (χ2v) is 2.91. The fraction of sp³-hybridized carbons (Fsp3) is 0.300. The van der Waals surface area contributed by atoms with Gasteiger partial charge in [0.2, 0.25) is 0 Å². The van der Waals surface area contributed by atoms with E-state index in [9.17, 15) is 0 Å². The highest BCUT2D eigenvalue weighted by Gasteiger charge is 2.00. The minimum absolute atomic E-state index is 0.204. The van der Waals surface area contributed by atoms with Crippen LogP contribution in [0.3, 0.4) is 0 Å². The molecule has 0 aliphatic heterocycles. The summed E-state index contributed by atoms with van der Waals surface area (Å²) in [5.41, 5.74) is 6.19. The van der Waals surface area contributed by atoms with E-state index in [0.717, 1.165) is 5.75 Å². The summed E-state index contributed by atoms with van der Waals surface area (Å²) < 4.78 is 4.99. The number of aliphatic hydroxyl groups is 1. The first-order valence-electron chi connectivity index (χ1n) is 4.29. The second kappa shape index (κ2) is 4.62. The summed E-state index contributed by atoms with van der Waals surface area (Å²) in [6, 6.07) is 7.12. The van der Waals surface area contributed by atoms with Gasteiger partial charge in [0, 0.05) is 0 Å². The minimum Gasteiger partial charge on any atom is -0.497 e. The molecule has 14 heavy (non-hydrogen) atoms. The Morgan fingerprint density at radius 3 is 2.43 bits per heavy atom. The Morgan fingerprint density at radius 1 is 1.43 bits per heavy atom. The first-order valence-corrected chi connectivity index (χ1v) is 4.29. The number of rotatable bonds is 3. The SMILES string of the molecule is COc1ccc(N=C(N)C(C)O)cc1. The molecule has 76 valence electrons. The van der Waals surface area contributed by atoms with Gasteiger partial charge in [-0.3, -0.25) is 0 Å². The molecule has 4 heteroatoms. The number of nitrogens with zero attached hydrogens (tertiary/aromatic N) is 1. The van der Waals surface area contributed by atoms with Crippen LogP contribution in [-0.4, -0.2) is 24.2 Å². The van der Waals surface area contributed by atoms with Crippen LogP contribution in [0.2, 0.25) is 0 Å². The number of amidine groups is 1. The van der Waals surface area contributed by atoms with Crippen molar-refractivity contribution in [2.24, 2.45) is 10.7 Å². The topological polar surface area (TPSA) is 67.8 Å². The fourth-order valence-corrected chi connectivity index (χ4v) is 0.899. The number of aliphatic hydroxyl groups excluding tert-OH is 1. The standard InChI is InChI=1S/C10H14N2O2/c1-7(13)10(11)12-8-3-5-9(14-2)6-4-8/h3-7,13H,1-2H3,(H2,11,12). The van der Waals surface area contributed by atoms with Crippen molar-refractivity contribution in [1.29, 1.82) is 0 Å². The average molecular weight is 194 g/mol. The molecule has 0 aliphatic carbocycles. The Bertz CT molecular complexity index is 317. The molecule has 0 saturated heterocycles. The van der Waals surface area contributed by atoms with Crippen LogP contribution < -0.4 is 10.5 Å². The number of ether oxygens (including phenoxy) is 1. The van der Waals surface area contributed by atoms with Gasteiger partial charge < -0.3 is 15.6 Å². The van der Waals surface area contributed by atoms with E-state index >= 15 is 0 Å². The van der Waals surface area contributed by atoms with E-state index in [1.54, 1.807) is 38.3 Å². The molecule has 1 unspecified atom stereocenters. The van der Waals surface area contributed by atoms with E-state index in [1.807, 2.05) is 0 Å². The van der Waals surface area contributed by atoms with E-state index < -0.39 is 6.10 Å². The maximum atomic E-state index is 9.10. The van der Waals surface area contributed by atoms with Gasteiger partial charge in [-0.25, -0.2) is 4.99 Å². The van der Waals surface area contributed by atoms with E-state index in [1.165, 1.54) is 0 Å². The van der Waals surface area contributed by atoms with Crippen molar-refractivity contribution in [2.45, 2.75) is 13.0 Å². The predicted molar refractivity (Wildman–Crippen MR) is 56.0 cm³/mol. The molecule has 0 saturated carbocycles. The zero-order valence-electron chi connectivity index (χ0n) is 8.27. The van der Waals surface area contributed by atoms with Gasteiger partial charge in [-0.2, -0.15) is 0 Å². The van der Waals surface area contributed by atoms with Crippen LogP contribution in [0.5, 0.6) is 5.75 Å². The first kappa shape index (κ1) is 10.5. The molecular formula is C10H14N2O2. The van der Waals surface area contributed by atoms with Crippen molar-refractivity contribution in [1.82, 2.24) is 0 Å². The normalized spacial score (nSPS) is 13.8. The van der Waals surface area contributed by atoms with Crippen molar-refractivity contribution in [3.63, 3.8) is 0 Å². The molecule has 4 nitrogen and oxygen atoms in total. The van der Waals surface area contributed by atoms with Gasteiger partial charge in [-0.15, -0.1) is 0 Å². The van der Waals surface area contributed by atoms with Crippen LogP contribution in [0.15, 0.2) is 29.3 Å². The lowest BCUT2D eigenvalue weighted by Crippen LogP contribution is -2.25. The number of aliphatic imine (C=N–C) groups is 1. The Hall–Kier alpha value is -1.55. The largest absolute Gasteiger partial charge is 0.497 e. The van der Waals surface area contributed by atoms with Gasteiger partial charge in [-0.05, 0) is 31.2 Å². The number of benzene rings is 1. The number of methoxy groups -OCH3 is 1. The maximum Gasteiger partial charge on any atom is 0.128 e. The summed E-state index contributed by atoms with van der Waals surface area (Å²) in [6.07, 6.45) is -0.725. The molecule has 0 aromatic heterocycles. The second-order valence-electron chi connectivity index (χ2n) is 2.91. The zero-order valence-corrected chi connectivity index (χ0v) is 8.27. The molecule has 1 rings (SSSR count). The molecule has 1 aromatic rings. The third-order valence-electron chi connectivity index (χ3n) is 1.76. The lowest BCUT2D eigenvalue weighted by atomic mass is 10.3. The van der Waals surface area contributed by atoms with Crippen molar-refractivity contribution in [3.05, 3.63) is 24.3 Å². The van der Waals surface area contributed by atoms with E-state index in [-0.39, 0.29) is 5.84 Å². The summed E-state index contributed by atoms with van der Waals surface area (Å²) >= 11 is 0. The smallest absolute Gasteiger partial charge is 0.128 e. The Morgan fingerprint density at radius 2 is 2.00 bits per heavy atom. The number of hydrogen-bond acceptors (Lipinski definition) is 3. The maximum absolute atomic E-state index is 9.10. The summed E-state index contributed by atoms with van der Waals surface area (Å²) in [5, 5.41) is 9.10. The van der Waals surface area contributed by atoms with Gasteiger partial charge in [0.25, 0.3) is 0 Å². The van der Waals surface area contributed by atoms with Crippen LogP contribution in [0.4, 0.5) is 5.69 Å². The molecule has 3 N–H and O–H groups in total. The summed E-state index contributed by atoms with van der Waals surface area (Å²) in [6.45, 7) is 1.57. The summed E-state index contributed by atoms with van der Waals surface area (Å²) in [4.78, 5) is 4.02. The third-order valence-corrected chi connectivity index (χ3v) is 1.76. The summed E-state index contributed by atoms with van der Waals surface area (Å²) in [5.74, 6) is 0.967. The van der Waals surface area contributed by atoms with Gasteiger partial charge in [0.05, 0.1) is 12.8 Å². The van der Waals surface area contributed by atoms with E-state index in [4.69, 9.17) is 15.6 Å². The lowest BCUT2D eigenvalue weighted by Gasteiger charge is -2.03. The van der Waals surface area contributed by atoms with Gasteiger partial charge >= 0.3 is 0 Å².